The van der Waals surface area contributed by atoms with E-state index in [1.165, 1.54) is 0 Å². The number of aromatic nitrogens is 1. The van der Waals surface area contributed by atoms with Crippen LogP contribution in [0.5, 0.6) is 0 Å². The molecule has 0 saturated carbocycles. The van der Waals surface area contributed by atoms with E-state index in [1.807, 2.05) is 0 Å². The number of nitrogens with zero attached hydrogens (tertiary/aromatic N) is 1. The van der Waals surface area contributed by atoms with Crippen LogP contribution in [0.4, 0.5) is 8.78 Å². The van der Waals surface area contributed by atoms with Crippen LogP contribution in [0.25, 0.3) is 0 Å². The monoisotopic (exact) mass is 201 g/mol. The number of pyridine rings is 1. The lowest BCUT2D eigenvalue weighted by Gasteiger charge is -2.02. The second-order valence-corrected chi connectivity index (χ2v) is 2.58. The van der Waals surface area contributed by atoms with Gasteiger partial charge in [-0.25, -0.2) is 8.78 Å². The minimum absolute atomic E-state index is 0.0940. The van der Waals surface area contributed by atoms with Crippen LogP contribution in [0.1, 0.15) is 12.5 Å². The van der Waals surface area contributed by atoms with Crippen LogP contribution >= 0.6 is 0 Å². The lowest BCUT2D eigenvalue weighted by molar-refractivity contribution is -0.142. The topological polar surface area (TPSA) is 39.2 Å². The van der Waals surface area contributed by atoms with E-state index < -0.39 is 17.6 Å². The first kappa shape index (κ1) is 10.6. The number of hydrogen-bond donors (Lipinski definition) is 0. The number of carbonyl (C=O) groups excluding carboxylic acids is 1. The van der Waals surface area contributed by atoms with Crippen LogP contribution in [0, 0.1) is 11.6 Å². The van der Waals surface area contributed by atoms with Crippen molar-refractivity contribution in [1.29, 1.82) is 0 Å². The zero-order valence-corrected chi connectivity index (χ0v) is 7.59. The van der Waals surface area contributed by atoms with E-state index in [0.717, 1.165) is 12.4 Å². The highest BCUT2D eigenvalue weighted by atomic mass is 19.2. The fourth-order valence-corrected chi connectivity index (χ4v) is 0.950. The van der Waals surface area contributed by atoms with Crippen LogP contribution in [0.3, 0.4) is 0 Å². The quantitative estimate of drug-likeness (QED) is 0.695. The van der Waals surface area contributed by atoms with E-state index in [2.05, 4.69) is 9.72 Å². The molecule has 76 valence electrons. The Kier molecular flexibility index (Phi) is 3.50. The molecule has 0 amide bonds. The van der Waals surface area contributed by atoms with E-state index in [-0.39, 0.29) is 18.6 Å². The van der Waals surface area contributed by atoms with Gasteiger partial charge in [0.1, 0.15) is 0 Å². The predicted molar refractivity (Wildman–Crippen MR) is 44.5 cm³/mol. The second kappa shape index (κ2) is 4.64. The van der Waals surface area contributed by atoms with Gasteiger partial charge in [0.25, 0.3) is 0 Å². The van der Waals surface area contributed by atoms with Crippen molar-refractivity contribution in [2.45, 2.75) is 13.3 Å². The van der Waals surface area contributed by atoms with Gasteiger partial charge >= 0.3 is 5.97 Å². The molecular weight excluding hydrogens is 192 g/mol. The van der Waals surface area contributed by atoms with Crippen LogP contribution in [-0.2, 0) is 16.0 Å². The third kappa shape index (κ3) is 2.48. The van der Waals surface area contributed by atoms with Gasteiger partial charge in [0, 0.05) is 11.8 Å². The van der Waals surface area contributed by atoms with Crippen LogP contribution in [-0.4, -0.2) is 17.6 Å². The molecule has 1 aromatic heterocycles. The summed E-state index contributed by atoms with van der Waals surface area (Å²) in [6, 6.07) is 0. The van der Waals surface area contributed by atoms with Crippen molar-refractivity contribution in [3.05, 3.63) is 29.6 Å². The molecule has 3 nitrogen and oxygen atoms in total. The molecule has 0 aliphatic rings. The first-order valence-corrected chi connectivity index (χ1v) is 4.08. The molecule has 0 bridgehead atoms. The summed E-state index contributed by atoms with van der Waals surface area (Å²) in [7, 11) is 0. The minimum atomic E-state index is -1.06. The van der Waals surface area contributed by atoms with Gasteiger partial charge < -0.3 is 4.74 Å². The van der Waals surface area contributed by atoms with Gasteiger partial charge in [0.05, 0.1) is 19.2 Å². The molecule has 0 aliphatic heterocycles. The summed E-state index contributed by atoms with van der Waals surface area (Å²) in [6.07, 6.45) is 1.56. The van der Waals surface area contributed by atoms with Gasteiger partial charge in [-0.05, 0) is 6.92 Å². The summed E-state index contributed by atoms with van der Waals surface area (Å²) in [6.45, 7) is 1.85. The highest BCUT2D eigenvalue weighted by molar-refractivity contribution is 5.72. The van der Waals surface area contributed by atoms with Gasteiger partial charge in [-0.15, -0.1) is 0 Å². The smallest absolute Gasteiger partial charge is 0.310 e. The van der Waals surface area contributed by atoms with E-state index >= 15 is 0 Å². The molecule has 0 N–H and O–H groups in total. The fourth-order valence-electron chi connectivity index (χ4n) is 0.950. The van der Waals surface area contributed by atoms with Crippen molar-refractivity contribution in [2.24, 2.45) is 0 Å². The molecule has 1 heterocycles. The molecule has 14 heavy (non-hydrogen) atoms. The maximum Gasteiger partial charge on any atom is 0.310 e. The van der Waals surface area contributed by atoms with Gasteiger partial charge in [-0.2, -0.15) is 0 Å². The minimum Gasteiger partial charge on any atom is -0.466 e. The molecule has 0 atom stereocenters. The Morgan fingerprint density at radius 2 is 2.21 bits per heavy atom. The Hall–Kier alpha value is -1.52. The van der Waals surface area contributed by atoms with Crippen molar-refractivity contribution in [2.75, 3.05) is 6.61 Å². The van der Waals surface area contributed by atoms with Gasteiger partial charge in [0.2, 0.25) is 0 Å². The Morgan fingerprint density at radius 1 is 1.50 bits per heavy atom. The molecule has 1 aromatic rings. The van der Waals surface area contributed by atoms with Crippen molar-refractivity contribution >= 4 is 5.97 Å². The fraction of sp³-hybridized carbons (Fsp3) is 0.333. The molecule has 5 heteroatoms. The summed E-state index contributed by atoms with van der Waals surface area (Å²) >= 11 is 0. The van der Waals surface area contributed by atoms with Gasteiger partial charge in [0.15, 0.2) is 11.6 Å². The average molecular weight is 201 g/mol. The number of carbonyl (C=O) groups is 1. The second-order valence-electron chi connectivity index (χ2n) is 2.58. The van der Waals surface area contributed by atoms with Crippen LogP contribution < -0.4 is 0 Å². The number of ether oxygens (including phenoxy) is 1. The van der Waals surface area contributed by atoms with Crippen molar-refractivity contribution in [1.82, 2.24) is 4.98 Å². The molecule has 0 unspecified atom stereocenters. The summed E-state index contributed by atoms with van der Waals surface area (Å²) in [5.41, 5.74) is -0.0940. The first-order valence-electron chi connectivity index (χ1n) is 4.08. The van der Waals surface area contributed by atoms with Gasteiger partial charge in [-0.1, -0.05) is 0 Å². The number of rotatable bonds is 3. The summed E-state index contributed by atoms with van der Waals surface area (Å²) < 4.78 is 30.2. The van der Waals surface area contributed by atoms with E-state index in [0.29, 0.717) is 0 Å². The lowest BCUT2D eigenvalue weighted by atomic mass is 10.2. The van der Waals surface area contributed by atoms with Gasteiger partial charge in [-0.3, -0.25) is 9.78 Å². The summed E-state index contributed by atoms with van der Waals surface area (Å²) in [4.78, 5) is 14.4. The maximum atomic E-state index is 13.0. The molecule has 1 rings (SSSR count). The standard InChI is InChI=1S/C9H9F2NO2/c1-2-14-8(13)3-6-4-12-5-7(10)9(6)11/h4-5H,2-3H2,1H3. The Morgan fingerprint density at radius 3 is 2.86 bits per heavy atom. The number of esters is 1. The molecule has 0 aromatic carbocycles. The van der Waals surface area contributed by atoms with Crippen LogP contribution in [0.15, 0.2) is 12.4 Å². The Balaban J connectivity index is 2.76. The lowest BCUT2D eigenvalue weighted by Crippen LogP contribution is -2.09. The highest BCUT2D eigenvalue weighted by Crippen LogP contribution is 2.10. The Labute approximate surface area is 79.7 Å². The van der Waals surface area contributed by atoms with Crippen molar-refractivity contribution in [3.8, 4) is 0 Å². The third-order valence-electron chi connectivity index (χ3n) is 1.55. The third-order valence-corrected chi connectivity index (χ3v) is 1.55. The molecule has 0 radical (unpaired) electrons. The summed E-state index contributed by atoms with van der Waals surface area (Å²) in [5, 5.41) is 0. The Bertz CT molecular complexity index is 342. The predicted octanol–water partition coefficient (Wildman–Crippen LogP) is 1.47. The average Bonchev–Trinajstić information content (AvgIpc) is 2.13. The molecule has 0 fully saturated rings. The van der Waals surface area contributed by atoms with Crippen LogP contribution in [0.2, 0.25) is 0 Å². The molecule has 0 saturated heterocycles. The summed E-state index contributed by atoms with van der Waals surface area (Å²) in [5.74, 6) is -2.71. The normalized spacial score (nSPS) is 9.93. The number of halogens is 2. The highest BCUT2D eigenvalue weighted by Gasteiger charge is 2.12. The maximum absolute atomic E-state index is 13.0. The largest absolute Gasteiger partial charge is 0.466 e. The SMILES string of the molecule is CCOC(=O)Cc1cncc(F)c1F. The van der Waals surface area contributed by atoms with E-state index in [1.54, 1.807) is 6.92 Å². The van der Waals surface area contributed by atoms with Crippen molar-refractivity contribution < 1.29 is 18.3 Å². The molecular formula is C9H9F2NO2. The first-order chi connectivity index (χ1) is 6.65. The molecule has 0 spiro atoms. The zero-order valence-electron chi connectivity index (χ0n) is 7.59. The van der Waals surface area contributed by atoms with E-state index in [4.69, 9.17) is 0 Å². The van der Waals surface area contributed by atoms with Crippen molar-refractivity contribution in [3.63, 3.8) is 0 Å². The molecule has 0 aliphatic carbocycles. The van der Waals surface area contributed by atoms with E-state index in [9.17, 15) is 13.6 Å². The number of hydrogen-bond acceptors (Lipinski definition) is 3. The zero-order chi connectivity index (χ0) is 10.6.